The smallest absolute Gasteiger partial charge is 0.230 e. The average Bonchev–Trinajstić information content (AvgIpc) is 2.46. The highest BCUT2D eigenvalue weighted by atomic mass is 35.5. The van der Waals surface area contributed by atoms with Crippen LogP contribution in [-0.2, 0) is 15.0 Å². The van der Waals surface area contributed by atoms with Crippen molar-refractivity contribution in [2.24, 2.45) is 0 Å². The summed E-state index contributed by atoms with van der Waals surface area (Å²) in [5.74, 6) is -0.683. The van der Waals surface area contributed by atoms with Crippen molar-refractivity contribution in [2.75, 3.05) is 0 Å². The lowest BCUT2D eigenvalue weighted by molar-refractivity contribution is -0.133. The van der Waals surface area contributed by atoms with Gasteiger partial charge in [-0.15, -0.1) is 0 Å². The highest BCUT2D eigenvalue weighted by Gasteiger charge is 2.49. The molecule has 6 heteroatoms. The maximum Gasteiger partial charge on any atom is 0.230 e. The van der Waals surface area contributed by atoms with Crippen molar-refractivity contribution in [2.45, 2.75) is 62.9 Å². The second kappa shape index (κ2) is 6.03. The molecule has 1 saturated carbocycles. The maximum atomic E-state index is 14.2. The summed E-state index contributed by atoms with van der Waals surface area (Å²) < 4.78 is 14.2. The molecule has 1 aliphatic heterocycles. The summed E-state index contributed by atoms with van der Waals surface area (Å²) in [7, 11) is 0. The highest BCUT2D eigenvalue weighted by molar-refractivity contribution is 6.30. The third kappa shape index (κ3) is 2.90. The lowest BCUT2D eigenvalue weighted by Gasteiger charge is -2.51. The van der Waals surface area contributed by atoms with Crippen LogP contribution in [-0.4, -0.2) is 23.4 Å². The summed E-state index contributed by atoms with van der Waals surface area (Å²) in [5, 5.41) is 6.41. The van der Waals surface area contributed by atoms with E-state index in [-0.39, 0.29) is 23.4 Å². The fourth-order valence-corrected chi connectivity index (χ4v) is 3.84. The minimum atomic E-state index is -1.03. The lowest BCUT2D eigenvalue weighted by Crippen LogP contribution is -2.69. The molecular formula is C18H22ClFN2O2. The van der Waals surface area contributed by atoms with Gasteiger partial charge in [0.05, 0.1) is 17.0 Å². The van der Waals surface area contributed by atoms with E-state index in [9.17, 15) is 14.0 Å². The predicted molar refractivity (Wildman–Crippen MR) is 90.3 cm³/mol. The summed E-state index contributed by atoms with van der Waals surface area (Å²) in [4.78, 5) is 24.6. The molecule has 0 aromatic heterocycles. The fraction of sp³-hybridized carbons (Fsp3) is 0.556. The Labute approximate surface area is 146 Å². The third-order valence-corrected chi connectivity index (χ3v) is 5.67. The van der Waals surface area contributed by atoms with Gasteiger partial charge in [0.25, 0.3) is 0 Å². The Kier molecular flexibility index (Phi) is 4.32. The first kappa shape index (κ1) is 17.2. The molecule has 1 heterocycles. The fourth-order valence-electron chi connectivity index (χ4n) is 3.68. The van der Waals surface area contributed by atoms with Gasteiger partial charge in [0.2, 0.25) is 11.8 Å². The van der Waals surface area contributed by atoms with Crippen LogP contribution in [0.2, 0.25) is 5.02 Å². The Hall–Kier alpha value is -1.62. The van der Waals surface area contributed by atoms with E-state index in [0.29, 0.717) is 23.4 Å². The zero-order valence-electron chi connectivity index (χ0n) is 13.9. The number of piperidine rings is 1. The Morgan fingerprint density at radius 1 is 1.42 bits per heavy atom. The Balaban J connectivity index is 1.79. The van der Waals surface area contributed by atoms with Crippen LogP contribution in [0, 0.1) is 5.82 Å². The van der Waals surface area contributed by atoms with E-state index >= 15 is 0 Å². The number of hydrogen-bond acceptors (Lipinski definition) is 2. The van der Waals surface area contributed by atoms with Crippen molar-refractivity contribution in [1.82, 2.24) is 10.6 Å². The molecule has 1 spiro atoms. The van der Waals surface area contributed by atoms with Gasteiger partial charge < -0.3 is 10.6 Å². The number of halogens is 2. The van der Waals surface area contributed by atoms with Gasteiger partial charge in [-0.2, -0.15) is 0 Å². The Morgan fingerprint density at radius 2 is 2.12 bits per heavy atom. The lowest BCUT2D eigenvalue weighted by atomic mass is 9.68. The molecule has 1 saturated heterocycles. The molecule has 1 unspecified atom stereocenters. The van der Waals surface area contributed by atoms with Crippen LogP contribution < -0.4 is 10.6 Å². The Morgan fingerprint density at radius 3 is 2.71 bits per heavy atom. The molecule has 1 atom stereocenters. The van der Waals surface area contributed by atoms with Crippen LogP contribution in [0.1, 0.15) is 51.5 Å². The van der Waals surface area contributed by atoms with Crippen LogP contribution in [0.25, 0.3) is 0 Å². The molecule has 2 N–H and O–H groups in total. The quantitative estimate of drug-likeness (QED) is 0.878. The number of carbonyl (C=O) groups is 2. The number of carbonyl (C=O) groups excluding carboxylic acids is 2. The van der Waals surface area contributed by atoms with E-state index < -0.39 is 11.2 Å². The molecule has 2 amide bonds. The highest BCUT2D eigenvalue weighted by Crippen LogP contribution is 2.39. The summed E-state index contributed by atoms with van der Waals surface area (Å²) in [6.07, 6.45) is 3.82. The summed E-state index contributed by atoms with van der Waals surface area (Å²) in [6, 6.07) is 4.26. The first-order chi connectivity index (χ1) is 11.2. The minimum Gasteiger partial charge on any atom is -0.350 e. The van der Waals surface area contributed by atoms with Gasteiger partial charge in [-0.25, -0.2) is 4.39 Å². The first-order valence-corrected chi connectivity index (χ1v) is 8.70. The SMILES string of the molecule is CC(C)(C(=O)NC1CCC(=O)NC12CCC2)c1ccc(Cl)cc1F. The molecule has 1 aromatic carbocycles. The first-order valence-electron chi connectivity index (χ1n) is 8.32. The van der Waals surface area contributed by atoms with Crippen molar-refractivity contribution < 1.29 is 14.0 Å². The van der Waals surface area contributed by atoms with E-state index in [1.54, 1.807) is 26.0 Å². The van der Waals surface area contributed by atoms with E-state index in [1.807, 2.05) is 0 Å². The second-order valence-corrected chi connectivity index (χ2v) is 7.81. The third-order valence-electron chi connectivity index (χ3n) is 5.44. The number of hydrogen-bond donors (Lipinski definition) is 2. The predicted octanol–water partition coefficient (Wildman–Crippen LogP) is 3.07. The molecule has 24 heavy (non-hydrogen) atoms. The van der Waals surface area contributed by atoms with Gasteiger partial charge >= 0.3 is 0 Å². The number of rotatable bonds is 3. The van der Waals surface area contributed by atoms with Crippen molar-refractivity contribution in [1.29, 1.82) is 0 Å². The zero-order valence-corrected chi connectivity index (χ0v) is 14.7. The molecule has 1 aliphatic carbocycles. The summed E-state index contributed by atoms with van der Waals surface area (Å²) >= 11 is 5.80. The summed E-state index contributed by atoms with van der Waals surface area (Å²) in [5.41, 5.74) is -1.03. The standard InChI is InChI=1S/C18H22ClFN2O2/c1-17(2,12-5-4-11(19)10-13(12)20)16(24)21-14-6-7-15(23)22-18(14)8-3-9-18/h4-5,10,14H,3,6-9H2,1-2H3,(H,21,24)(H,22,23). The van der Waals surface area contributed by atoms with Gasteiger partial charge in [-0.3, -0.25) is 9.59 Å². The number of amides is 2. The van der Waals surface area contributed by atoms with E-state index in [1.165, 1.54) is 6.07 Å². The molecule has 1 aromatic rings. The second-order valence-electron chi connectivity index (χ2n) is 7.37. The largest absolute Gasteiger partial charge is 0.350 e. The van der Waals surface area contributed by atoms with Crippen LogP contribution in [0.4, 0.5) is 4.39 Å². The van der Waals surface area contributed by atoms with Crippen LogP contribution in [0.15, 0.2) is 18.2 Å². The maximum absolute atomic E-state index is 14.2. The van der Waals surface area contributed by atoms with Gasteiger partial charge in [0, 0.05) is 17.0 Å². The molecule has 0 radical (unpaired) electrons. The molecule has 3 rings (SSSR count). The van der Waals surface area contributed by atoms with E-state index in [0.717, 1.165) is 19.3 Å². The van der Waals surface area contributed by atoms with Crippen molar-refractivity contribution >= 4 is 23.4 Å². The monoisotopic (exact) mass is 352 g/mol. The van der Waals surface area contributed by atoms with Crippen molar-refractivity contribution in [3.63, 3.8) is 0 Å². The van der Waals surface area contributed by atoms with Crippen molar-refractivity contribution in [3.8, 4) is 0 Å². The van der Waals surface area contributed by atoms with Crippen LogP contribution >= 0.6 is 11.6 Å². The normalized spacial score (nSPS) is 22.7. The van der Waals surface area contributed by atoms with Crippen LogP contribution in [0.3, 0.4) is 0 Å². The Bertz CT molecular complexity index is 686. The van der Waals surface area contributed by atoms with Gasteiger partial charge in [0.15, 0.2) is 0 Å². The van der Waals surface area contributed by atoms with E-state index in [4.69, 9.17) is 11.6 Å². The van der Waals surface area contributed by atoms with Gasteiger partial charge in [0.1, 0.15) is 5.82 Å². The zero-order chi connectivity index (χ0) is 17.5. The molecule has 0 bridgehead atoms. The van der Waals surface area contributed by atoms with Crippen LogP contribution in [0.5, 0.6) is 0 Å². The molecule has 2 aliphatic rings. The topological polar surface area (TPSA) is 58.2 Å². The molecule has 130 valence electrons. The summed E-state index contributed by atoms with van der Waals surface area (Å²) in [6.45, 7) is 3.40. The number of benzene rings is 1. The van der Waals surface area contributed by atoms with Gasteiger partial charge in [-0.1, -0.05) is 17.7 Å². The molecular weight excluding hydrogens is 331 g/mol. The number of nitrogens with one attached hydrogen (secondary N) is 2. The average molecular weight is 353 g/mol. The van der Waals surface area contributed by atoms with E-state index in [2.05, 4.69) is 10.6 Å². The van der Waals surface area contributed by atoms with Gasteiger partial charge in [-0.05, 0) is 51.7 Å². The minimum absolute atomic E-state index is 0.0446. The molecule has 2 fully saturated rings. The molecule has 4 nitrogen and oxygen atoms in total. The van der Waals surface area contributed by atoms with Crippen molar-refractivity contribution in [3.05, 3.63) is 34.6 Å².